The van der Waals surface area contributed by atoms with Crippen LogP contribution in [-0.4, -0.2) is 24.1 Å². The second kappa shape index (κ2) is 6.70. The first-order valence-corrected chi connectivity index (χ1v) is 6.71. The summed E-state index contributed by atoms with van der Waals surface area (Å²) in [5.74, 6) is -0.283. The number of nitrogens with two attached hydrogens (primary N) is 1. The highest BCUT2D eigenvalue weighted by Gasteiger charge is 2.31. The molecule has 1 atom stereocenters. The Balaban J connectivity index is 2.60. The molecule has 0 aliphatic heterocycles. The first-order valence-electron chi connectivity index (χ1n) is 6.71. The maximum Gasteiger partial charge on any atom is 0.237 e. The zero-order chi connectivity index (χ0) is 15.3. The fourth-order valence-electron chi connectivity index (χ4n) is 1.94. The van der Waals surface area contributed by atoms with E-state index in [1.807, 2.05) is 13.8 Å². The van der Waals surface area contributed by atoms with Crippen molar-refractivity contribution in [3.8, 4) is 5.75 Å². The van der Waals surface area contributed by atoms with Crippen molar-refractivity contribution in [3.63, 3.8) is 0 Å². The Hall–Kier alpha value is -1.62. The van der Waals surface area contributed by atoms with E-state index in [-0.39, 0.29) is 18.5 Å². The number of rotatable bonds is 7. The van der Waals surface area contributed by atoms with Gasteiger partial charge in [0.2, 0.25) is 5.91 Å². The van der Waals surface area contributed by atoms with Crippen LogP contribution in [0.2, 0.25) is 0 Å². The van der Waals surface area contributed by atoms with Gasteiger partial charge in [-0.3, -0.25) is 4.79 Å². The highest BCUT2D eigenvalue weighted by atomic mass is 19.1. The quantitative estimate of drug-likeness (QED) is 0.805. The molecule has 1 aromatic carbocycles. The van der Waals surface area contributed by atoms with Crippen molar-refractivity contribution in [3.05, 3.63) is 29.6 Å². The van der Waals surface area contributed by atoms with Gasteiger partial charge in [-0.15, -0.1) is 0 Å². The average molecular weight is 282 g/mol. The van der Waals surface area contributed by atoms with Gasteiger partial charge in [-0.1, -0.05) is 6.07 Å². The maximum absolute atomic E-state index is 13.4. The standard InChI is InChI=1S/C15H23FN2O2/c1-10(2)18-15(4,14(17)19)7-8-20-12-6-5-11(3)13(16)9-12/h5-6,9-10,18H,7-8H2,1-4H3,(H2,17,19). The molecule has 112 valence electrons. The molecule has 0 aliphatic carbocycles. The number of ether oxygens (including phenoxy) is 1. The fraction of sp³-hybridized carbons (Fsp3) is 0.533. The molecule has 0 heterocycles. The number of hydrogen-bond acceptors (Lipinski definition) is 3. The van der Waals surface area contributed by atoms with Gasteiger partial charge in [-0.25, -0.2) is 4.39 Å². The maximum atomic E-state index is 13.4. The van der Waals surface area contributed by atoms with Crippen LogP contribution in [0.3, 0.4) is 0 Å². The highest BCUT2D eigenvalue weighted by molar-refractivity contribution is 5.84. The Labute approximate surface area is 119 Å². The van der Waals surface area contributed by atoms with Crippen LogP contribution >= 0.6 is 0 Å². The Morgan fingerprint density at radius 2 is 2.15 bits per heavy atom. The first-order chi connectivity index (χ1) is 9.24. The Morgan fingerprint density at radius 3 is 2.65 bits per heavy atom. The monoisotopic (exact) mass is 282 g/mol. The van der Waals surface area contributed by atoms with Gasteiger partial charge in [0, 0.05) is 18.5 Å². The summed E-state index contributed by atoms with van der Waals surface area (Å²) in [6.07, 6.45) is 0.413. The molecule has 0 bridgehead atoms. The lowest BCUT2D eigenvalue weighted by Crippen LogP contribution is -2.56. The molecular weight excluding hydrogens is 259 g/mol. The van der Waals surface area contributed by atoms with Crippen molar-refractivity contribution < 1.29 is 13.9 Å². The molecule has 1 amide bonds. The van der Waals surface area contributed by atoms with E-state index >= 15 is 0 Å². The van der Waals surface area contributed by atoms with Crippen LogP contribution in [0.5, 0.6) is 5.75 Å². The Morgan fingerprint density at radius 1 is 1.50 bits per heavy atom. The molecule has 4 nitrogen and oxygen atoms in total. The lowest BCUT2D eigenvalue weighted by molar-refractivity contribution is -0.124. The van der Waals surface area contributed by atoms with E-state index in [4.69, 9.17) is 10.5 Å². The van der Waals surface area contributed by atoms with Crippen molar-refractivity contribution >= 4 is 5.91 Å². The van der Waals surface area contributed by atoms with Gasteiger partial charge in [0.25, 0.3) is 0 Å². The topological polar surface area (TPSA) is 64.3 Å². The van der Waals surface area contributed by atoms with E-state index < -0.39 is 11.4 Å². The highest BCUT2D eigenvalue weighted by Crippen LogP contribution is 2.17. The molecule has 3 N–H and O–H groups in total. The molecule has 0 saturated heterocycles. The number of hydrogen-bond donors (Lipinski definition) is 2. The van der Waals surface area contributed by atoms with Crippen molar-refractivity contribution in [1.29, 1.82) is 0 Å². The van der Waals surface area contributed by atoms with E-state index in [9.17, 15) is 9.18 Å². The number of benzene rings is 1. The second-order valence-electron chi connectivity index (χ2n) is 5.50. The van der Waals surface area contributed by atoms with E-state index in [1.54, 1.807) is 26.0 Å². The average Bonchev–Trinajstić information content (AvgIpc) is 2.32. The number of carbonyl (C=O) groups is 1. The minimum absolute atomic E-state index is 0.129. The number of primary amides is 1. The smallest absolute Gasteiger partial charge is 0.237 e. The summed E-state index contributed by atoms with van der Waals surface area (Å²) in [5, 5.41) is 3.13. The summed E-state index contributed by atoms with van der Waals surface area (Å²) in [4.78, 5) is 11.5. The van der Waals surface area contributed by atoms with Gasteiger partial charge in [0.05, 0.1) is 12.1 Å². The molecule has 0 radical (unpaired) electrons. The number of nitrogens with one attached hydrogen (secondary N) is 1. The van der Waals surface area contributed by atoms with Gasteiger partial charge in [-0.2, -0.15) is 0 Å². The molecule has 20 heavy (non-hydrogen) atoms. The predicted molar refractivity (Wildman–Crippen MR) is 77.1 cm³/mol. The van der Waals surface area contributed by atoms with Crippen LogP contribution in [0.15, 0.2) is 18.2 Å². The zero-order valence-electron chi connectivity index (χ0n) is 12.5. The van der Waals surface area contributed by atoms with Crippen molar-refractivity contribution in [2.24, 2.45) is 5.73 Å². The third-order valence-corrected chi connectivity index (χ3v) is 3.17. The van der Waals surface area contributed by atoms with Gasteiger partial charge in [0.1, 0.15) is 11.6 Å². The Kier molecular flexibility index (Phi) is 5.51. The van der Waals surface area contributed by atoms with Crippen LogP contribution < -0.4 is 15.8 Å². The summed E-state index contributed by atoms with van der Waals surface area (Å²) >= 11 is 0. The minimum atomic E-state index is -0.836. The van der Waals surface area contributed by atoms with E-state index in [1.165, 1.54) is 6.07 Å². The predicted octanol–water partition coefficient (Wildman–Crippen LogP) is 2.15. The number of amides is 1. The van der Waals surface area contributed by atoms with Gasteiger partial charge in [-0.05, 0) is 39.3 Å². The molecule has 0 spiro atoms. The third-order valence-electron chi connectivity index (χ3n) is 3.17. The van der Waals surface area contributed by atoms with Crippen LogP contribution in [0.1, 0.15) is 32.8 Å². The second-order valence-corrected chi connectivity index (χ2v) is 5.50. The van der Waals surface area contributed by atoms with Crippen molar-refractivity contribution in [2.75, 3.05) is 6.61 Å². The molecule has 0 aromatic heterocycles. The van der Waals surface area contributed by atoms with Gasteiger partial charge in [0.15, 0.2) is 0 Å². The molecule has 1 unspecified atom stereocenters. The molecular formula is C15H23FN2O2. The summed E-state index contributed by atoms with van der Waals surface area (Å²) in [7, 11) is 0. The van der Waals surface area contributed by atoms with Crippen LogP contribution in [0.25, 0.3) is 0 Å². The van der Waals surface area contributed by atoms with Crippen LogP contribution in [0.4, 0.5) is 4.39 Å². The number of halogens is 1. The summed E-state index contributed by atoms with van der Waals surface area (Å²) in [6, 6.07) is 4.83. The summed E-state index contributed by atoms with van der Waals surface area (Å²) in [6.45, 7) is 7.60. The van der Waals surface area contributed by atoms with Crippen molar-refractivity contribution in [1.82, 2.24) is 5.32 Å². The molecule has 5 heteroatoms. The third kappa shape index (κ3) is 4.49. The van der Waals surface area contributed by atoms with Crippen molar-refractivity contribution in [2.45, 2.75) is 45.7 Å². The van der Waals surface area contributed by atoms with Gasteiger partial charge < -0.3 is 15.8 Å². The van der Waals surface area contributed by atoms with Gasteiger partial charge >= 0.3 is 0 Å². The normalized spacial score (nSPS) is 14.1. The summed E-state index contributed by atoms with van der Waals surface area (Å²) in [5.41, 5.74) is 5.16. The SMILES string of the molecule is Cc1ccc(OCCC(C)(NC(C)C)C(N)=O)cc1F. The fourth-order valence-corrected chi connectivity index (χ4v) is 1.94. The lowest BCUT2D eigenvalue weighted by Gasteiger charge is -2.29. The molecule has 0 saturated carbocycles. The summed E-state index contributed by atoms with van der Waals surface area (Å²) < 4.78 is 18.9. The zero-order valence-corrected chi connectivity index (χ0v) is 12.5. The Bertz CT molecular complexity index is 477. The first kappa shape index (κ1) is 16.4. The molecule has 0 fully saturated rings. The number of carbonyl (C=O) groups excluding carboxylic acids is 1. The largest absolute Gasteiger partial charge is 0.493 e. The van der Waals surface area contributed by atoms with E-state index in [0.29, 0.717) is 17.7 Å². The lowest BCUT2D eigenvalue weighted by atomic mass is 9.96. The molecule has 0 aliphatic rings. The molecule has 1 rings (SSSR count). The van der Waals surface area contributed by atoms with E-state index in [0.717, 1.165) is 0 Å². The minimum Gasteiger partial charge on any atom is -0.493 e. The number of aryl methyl sites for hydroxylation is 1. The van der Waals surface area contributed by atoms with Crippen LogP contribution in [0, 0.1) is 12.7 Å². The van der Waals surface area contributed by atoms with Crippen LogP contribution in [-0.2, 0) is 4.79 Å². The molecule has 1 aromatic rings. The van der Waals surface area contributed by atoms with E-state index in [2.05, 4.69) is 5.32 Å².